The van der Waals surface area contributed by atoms with Crippen molar-refractivity contribution in [2.24, 2.45) is 0 Å². The molecule has 0 aromatic heterocycles. The first-order valence-corrected chi connectivity index (χ1v) is 3.41. The highest BCUT2D eigenvalue weighted by Crippen LogP contribution is 1.81. The minimum Gasteiger partial charge on any atom is -0.251 e. The van der Waals surface area contributed by atoms with Crippen molar-refractivity contribution in [3.63, 3.8) is 0 Å². The van der Waals surface area contributed by atoms with Gasteiger partial charge in [-0.1, -0.05) is 19.4 Å². The minimum absolute atomic E-state index is 1.31. The molecule has 0 saturated carbocycles. The van der Waals surface area contributed by atoms with Gasteiger partial charge in [0.1, 0.15) is 7.05 Å². The van der Waals surface area contributed by atoms with Crippen LogP contribution >= 0.6 is 0 Å². The van der Waals surface area contributed by atoms with E-state index in [2.05, 4.69) is 18.8 Å². The third-order valence-electron chi connectivity index (χ3n) is 0.583. The molecule has 0 aliphatic rings. The van der Waals surface area contributed by atoms with E-state index in [1.807, 2.05) is 33.2 Å². The van der Waals surface area contributed by atoms with Gasteiger partial charge >= 0.3 is 0 Å². The zero-order valence-corrected chi connectivity index (χ0v) is 7.15. The molecule has 0 spiro atoms. The lowest BCUT2D eigenvalue weighted by molar-refractivity contribution is -0.413. The van der Waals surface area contributed by atoms with Crippen molar-refractivity contribution in [1.82, 2.24) is 0 Å². The van der Waals surface area contributed by atoms with Crippen LogP contribution in [0.5, 0.6) is 0 Å². The molecule has 0 aliphatic heterocycles. The van der Waals surface area contributed by atoms with Crippen molar-refractivity contribution < 1.29 is 4.99 Å². The molecule has 0 bridgehead atoms. The summed E-state index contributed by atoms with van der Waals surface area (Å²) < 4.78 is 0. The standard InChI is InChI=1S/C6H11N.C2H6/c1-6(2)4-5-7-3;1-2/h4-5H,1-3H3;1-2H3/p+1. The van der Waals surface area contributed by atoms with Gasteiger partial charge in [-0.3, -0.25) is 4.99 Å². The molecule has 0 aliphatic carbocycles. The molecule has 0 heterocycles. The van der Waals surface area contributed by atoms with Crippen LogP contribution < -0.4 is 4.99 Å². The van der Waals surface area contributed by atoms with Gasteiger partial charge in [-0.2, -0.15) is 0 Å². The van der Waals surface area contributed by atoms with Gasteiger partial charge in [0.2, 0.25) is 0 Å². The molecule has 1 heteroatoms. The third-order valence-corrected chi connectivity index (χ3v) is 0.583. The SMILES string of the molecule is CC.C[NH+]=CC=C(C)C. The summed E-state index contributed by atoms with van der Waals surface area (Å²) in [6.07, 6.45) is 3.94. The van der Waals surface area contributed by atoms with Crippen LogP contribution in [0.4, 0.5) is 0 Å². The lowest BCUT2D eigenvalue weighted by Crippen LogP contribution is -2.62. The molecule has 0 rings (SSSR count). The molecule has 0 unspecified atom stereocenters. The summed E-state index contributed by atoms with van der Waals surface area (Å²) in [4.78, 5) is 2.90. The fraction of sp³-hybridized carbons (Fsp3) is 0.625. The Labute approximate surface area is 58.5 Å². The highest BCUT2D eigenvalue weighted by atomic mass is 14.6. The maximum absolute atomic E-state index is 2.90. The van der Waals surface area contributed by atoms with Crippen molar-refractivity contribution in [3.8, 4) is 0 Å². The Morgan fingerprint density at radius 3 is 1.78 bits per heavy atom. The number of nitrogens with one attached hydrogen (secondary N) is 1. The van der Waals surface area contributed by atoms with Gasteiger partial charge in [0, 0.05) is 0 Å². The van der Waals surface area contributed by atoms with Crippen LogP contribution in [0, 0.1) is 0 Å². The summed E-state index contributed by atoms with van der Waals surface area (Å²) in [6, 6.07) is 0. The Morgan fingerprint density at radius 2 is 1.67 bits per heavy atom. The van der Waals surface area contributed by atoms with Gasteiger partial charge in [-0.25, -0.2) is 0 Å². The number of allylic oxidation sites excluding steroid dienone is 2. The molecular weight excluding hydrogens is 110 g/mol. The van der Waals surface area contributed by atoms with Crippen molar-refractivity contribution in [2.75, 3.05) is 7.05 Å². The number of hydrogen-bond acceptors (Lipinski definition) is 0. The number of rotatable bonds is 1. The molecule has 0 atom stereocenters. The van der Waals surface area contributed by atoms with Crippen molar-refractivity contribution >= 4 is 6.21 Å². The normalized spacial score (nSPS) is 8.11. The lowest BCUT2D eigenvalue weighted by atomic mass is 10.3. The molecule has 0 radical (unpaired) electrons. The average Bonchev–Trinajstić information content (AvgIpc) is 1.88. The van der Waals surface area contributed by atoms with Crippen molar-refractivity contribution in [2.45, 2.75) is 27.7 Å². The van der Waals surface area contributed by atoms with E-state index in [-0.39, 0.29) is 0 Å². The Kier molecular flexibility index (Phi) is 13.0. The van der Waals surface area contributed by atoms with Crippen LogP contribution in [0.1, 0.15) is 27.7 Å². The summed E-state index contributed by atoms with van der Waals surface area (Å²) in [5, 5.41) is 0. The van der Waals surface area contributed by atoms with Crippen LogP contribution in [0.2, 0.25) is 0 Å². The van der Waals surface area contributed by atoms with Gasteiger partial charge < -0.3 is 0 Å². The molecule has 0 aromatic carbocycles. The fourth-order valence-corrected chi connectivity index (χ4v) is 0.250. The van der Waals surface area contributed by atoms with E-state index < -0.39 is 0 Å². The predicted molar refractivity (Wildman–Crippen MR) is 43.7 cm³/mol. The van der Waals surface area contributed by atoms with E-state index >= 15 is 0 Å². The maximum Gasteiger partial charge on any atom is 0.161 e. The monoisotopic (exact) mass is 128 g/mol. The van der Waals surface area contributed by atoms with Gasteiger partial charge in [0.05, 0.1) is 0 Å². The van der Waals surface area contributed by atoms with Crippen molar-refractivity contribution in [3.05, 3.63) is 11.6 Å². The summed E-state index contributed by atoms with van der Waals surface area (Å²) in [5.74, 6) is 0. The Bertz CT molecular complexity index is 86.7. The van der Waals surface area contributed by atoms with E-state index in [0.717, 1.165) is 0 Å². The topological polar surface area (TPSA) is 14.0 Å². The summed E-state index contributed by atoms with van der Waals surface area (Å²) in [6.45, 7) is 8.13. The van der Waals surface area contributed by atoms with E-state index in [1.54, 1.807) is 0 Å². The zero-order chi connectivity index (χ0) is 7.70. The summed E-state index contributed by atoms with van der Waals surface area (Å²) >= 11 is 0. The van der Waals surface area contributed by atoms with E-state index in [9.17, 15) is 0 Å². The first kappa shape index (κ1) is 11.2. The summed E-state index contributed by atoms with van der Waals surface area (Å²) in [7, 11) is 1.89. The quantitative estimate of drug-likeness (QED) is 0.501. The summed E-state index contributed by atoms with van der Waals surface area (Å²) in [5.41, 5.74) is 1.31. The van der Waals surface area contributed by atoms with E-state index in [4.69, 9.17) is 0 Å². The largest absolute Gasteiger partial charge is 0.251 e. The molecule has 0 fully saturated rings. The first-order valence-electron chi connectivity index (χ1n) is 3.41. The molecule has 9 heavy (non-hydrogen) atoms. The highest BCUT2D eigenvalue weighted by Gasteiger charge is 1.69. The smallest absolute Gasteiger partial charge is 0.161 e. The fourth-order valence-electron chi connectivity index (χ4n) is 0.250. The van der Waals surface area contributed by atoms with Gasteiger partial charge in [-0.15, -0.1) is 0 Å². The van der Waals surface area contributed by atoms with Crippen LogP contribution in [-0.4, -0.2) is 13.3 Å². The minimum atomic E-state index is 1.31. The Morgan fingerprint density at radius 1 is 1.22 bits per heavy atom. The maximum atomic E-state index is 2.90. The Balaban J connectivity index is 0. The average molecular weight is 128 g/mol. The van der Waals surface area contributed by atoms with Crippen LogP contribution in [0.25, 0.3) is 0 Å². The highest BCUT2D eigenvalue weighted by molar-refractivity contribution is 5.66. The molecule has 54 valence electrons. The molecular formula is C8H18N+. The molecule has 0 saturated heterocycles. The first-order chi connectivity index (χ1) is 4.27. The third kappa shape index (κ3) is 18.7. The molecule has 0 amide bonds. The van der Waals surface area contributed by atoms with E-state index in [0.29, 0.717) is 0 Å². The van der Waals surface area contributed by atoms with Crippen LogP contribution in [-0.2, 0) is 0 Å². The molecule has 0 aromatic rings. The van der Waals surface area contributed by atoms with Crippen LogP contribution in [0.15, 0.2) is 11.6 Å². The lowest BCUT2D eigenvalue weighted by Gasteiger charge is -1.74. The van der Waals surface area contributed by atoms with Gasteiger partial charge in [-0.05, 0) is 19.9 Å². The van der Waals surface area contributed by atoms with Gasteiger partial charge in [0.25, 0.3) is 0 Å². The van der Waals surface area contributed by atoms with Crippen LogP contribution in [0.3, 0.4) is 0 Å². The second-order valence-corrected chi connectivity index (χ2v) is 1.70. The Hall–Kier alpha value is -0.590. The second kappa shape index (κ2) is 10.4. The molecule has 1 nitrogen and oxygen atoms in total. The number of hydrogen-bond donors (Lipinski definition) is 1. The zero-order valence-electron chi connectivity index (χ0n) is 7.15. The molecule has 1 N–H and O–H groups in total. The van der Waals surface area contributed by atoms with Gasteiger partial charge in [0.15, 0.2) is 6.21 Å². The van der Waals surface area contributed by atoms with E-state index in [1.165, 1.54) is 5.57 Å². The van der Waals surface area contributed by atoms with Crippen molar-refractivity contribution in [1.29, 1.82) is 0 Å². The second-order valence-electron chi connectivity index (χ2n) is 1.70. The predicted octanol–water partition coefficient (Wildman–Crippen LogP) is 0.760.